The van der Waals surface area contributed by atoms with E-state index in [1.807, 2.05) is 0 Å². The molecule has 186 valence electrons. The zero-order chi connectivity index (χ0) is 25.7. The molecule has 0 saturated heterocycles. The first-order valence-electron chi connectivity index (χ1n) is 10.2. The zero-order valence-electron chi connectivity index (χ0n) is 19.0. The molecule has 2 rings (SSSR count). The number of hydrogen-bond donors (Lipinski definition) is 2. The van der Waals surface area contributed by atoms with E-state index in [1.54, 1.807) is 63.3 Å². The average molecular weight is 549 g/mol. The molecule has 11 heteroatoms. The Kier molecular flexibility index (Phi) is 8.93. The van der Waals surface area contributed by atoms with Crippen LogP contribution < -0.4 is 15.4 Å². The Balaban J connectivity index is 2.33. The van der Waals surface area contributed by atoms with Crippen molar-refractivity contribution in [1.29, 1.82) is 0 Å². The van der Waals surface area contributed by atoms with Crippen LogP contribution in [-0.2, 0) is 22.6 Å². The summed E-state index contributed by atoms with van der Waals surface area (Å²) in [6, 6.07) is 9.31. The molecule has 2 N–H and O–H groups in total. The van der Waals surface area contributed by atoms with Gasteiger partial charge in [0, 0.05) is 16.1 Å². The van der Waals surface area contributed by atoms with E-state index >= 15 is 4.39 Å². The van der Waals surface area contributed by atoms with Crippen molar-refractivity contribution in [3.05, 3.63) is 57.8 Å². The van der Waals surface area contributed by atoms with E-state index in [9.17, 15) is 22.8 Å². The quantitative estimate of drug-likeness (QED) is 0.408. The number of benzene rings is 2. The number of hydrogen-bond acceptors (Lipinski definition) is 4. The summed E-state index contributed by atoms with van der Waals surface area (Å²) in [6.45, 7) is 6.53. The summed E-state index contributed by atoms with van der Waals surface area (Å²) in [5.74, 6) is -3.75. The Bertz CT molecular complexity index is 1020. The molecule has 2 aromatic carbocycles. The predicted molar refractivity (Wildman–Crippen MR) is 122 cm³/mol. The summed E-state index contributed by atoms with van der Waals surface area (Å²) in [6.07, 6.45) is -6.08. The fourth-order valence-electron chi connectivity index (χ4n) is 2.84. The normalized spacial score (nSPS) is 12.6. The SMILES string of the molecule is C[C@@H](Cc1c(Br)cc(OCc2ccccc2)c(NC(=O)C(F)(F)F)c1F)NC(=O)OC(C)(C)C. The summed E-state index contributed by atoms with van der Waals surface area (Å²) in [5.41, 5.74) is -0.872. The highest BCUT2D eigenvalue weighted by atomic mass is 79.9. The molecule has 2 amide bonds. The molecule has 0 heterocycles. The van der Waals surface area contributed by atoms with Crippen molar-refractivity contribution < 1.29 is 36.6 Å². The van der Waals surface area contributed by atoms with Gasteiger partial charge in [-0.15, -0.1) is 0 Å². The monoisotopic (exact) mass is 548 g/mol. The lowest BCUT2D eigenvalue weighted by Gasteiger charge is -2.23. The van der Waals surface area contributed by atoms with Gasteiger partial charge in [0.2, 0.25) is 0 Å². The van der Waals surface area contributed by atoms with E-state index in [-0.39, 0.29) is 28.8 Å². The number of nitrogens with one attached hydrogen (secondary N) is 2. The number of carbonyl (C=O) groups excluding carboxylic acids is 2. The van der Waals surface area contributed by atoms with Gasteiger partial charge in [-0.2, -0.15) is 13.2 Å². The van der Waals surface area contributed by atoms with Gasteiger partial charge in [-0.3, -0.25) is 4.79 Å². The van der Waals surface area contributed by atoms with Crippen LogP contribution in [0.4, 0.5) is 28.0 Å². The Hall–Kier alpha value is -2.82. The molecule has 0 unspecified atom stereocenters. The molecule has 0 bridgehead atoms. The van der Waals surface area contributed by atoms with Crippen LogP contribution in [0.3, 0.4) is 0 Å². The molecule has 0 aliphatic rings. The maximum atomic E-state index is 15.4. The van der Waals surface area contributed by atoms with Gasteiger partial charge in [0.1, 0.15) is 23.6 Å². The molecule has 0 aliphatic heterocycles. The first-order chi connectivity index (χ1) is 15.7. The van der Waals surface area contributed by atoms with Crippen molar-refractivity contribution in [3.63, 3.8) is 0 Å². The molecule has 0 radical (unpaired) electrons. The maximum Gasteiger partial charge on any atom is 0.471 e. The molecule has 0 saturated carbocycles. The van der Waals surface area contributed by atoms with Crippen LogP contribution in [0.5, 0.6) is 5.75 Å². The lowest BCUT2D eigenvalue weighted by atomic mass is 10.0. The van der Waals surface area contributed by atoms with Crippen molar-refractivity contribution in [1.82, 2.24) is 5.32 Å². The molecule has 0 fully saturated rings. The third-order valence-corrected chi connectivity index (χ3v) is 4.99. The van der Waals surface area contributed by atoms with Gasteiger partial charge in [-0.25, -0.2) is 9.18 Å². The summed E-state index contributed by atoms with van der Waals surface area (Å²) >= 11 is 3.21. The van der Waals surface area contributed by atoms with Crippen LogP contribution in [0.1, 0.15) is 38.8 Å². The van der Waals surface area contributed by atoms with Crippen molar-refractivity contribution >= 4 is 33.6 Å². The van der Waals surface area contributed by atoms with Crippen LogP contribution in [0.25, 0.3) is 0 Å². The number of ether oxygens (including phenoxy) is 2. The Morgan fingerprint density at radius 2 is 1.74 bits per heavy atom. The predicted octanol–water partition coefficient (Wildman–Crippen LogP) is 6.12. The summed E-state index contributed by atoms with van der Waals surface area (Å²) in [7, 11) is 0. The minimum absolute atomic E-state index is 0.0619. The molecular weight excluding hydrogens is 524 g/mol. The minimum atomic E-state index is -5.23. The van der Waals surface area contributed by atoms with Gasteiger partial charge < -0.3 is 20.1 Å². The number of halogens is 5. The molecule has 2 aromatic rings. The van der Waals surface area contributed by atoms with Gasteiger partial charge >= 0.3 is 18.2 Å². The van der Waals surface area contributed by atoms with E-state index in [0.717, 1.165) is 0 Å². The van der Waals surface area contributed by atoms with Crippen molar-refractivity contribution in [2.24, 2.45) is 0 Å². The Morgan fingerprint density at radius 3 is 2.29 bits per heavy atom. The molecule has 0 spiro atoms. The van der Waals surface area contributed by atoms with Crippen LogP contribution in [0.15, 0.2) is 40.9 Å². The Morgan fingerprint density at radius 1 is 1.12 bits per heavy atom. The highest BCUT2D eigenvalue weighted by Crippen LogP contribution is 2.37. The highest BCUT2D eigenvalue weighted by Gasteiger charge is 2.40. The standard InChI is InChI=1S/C23H25BrF4N2O4/c1-13(29-21(32)34-22(2,3)4)10-15-16(24)11-17(33-12-14-8-6-5-7-9-14)19(18(15)25)30-20(31)23(26,27)28/h5-9,11,13H,10,12H2,1-4H3,(H,29,32)(H,30,31)/t13-/m0/s1. The van der Waals surface area contributed by atoms with Gasteiger partial charge in [0.15, 0.2) is 5.82 Å². The molecule has 0 aliphatic carbocycles. The lowest BCUT2D eigenvalue weighted by Crippen LogP contribution is -2.38. The molecule has 1 atom stereocenters. The van der Waals surface area contributed by atoms with E-state index in [4.69, 9.17) is 9.47 Å². The summed E-state index contributed by atoms with van der Waals surface area (Å²) < 4.78 is 64.9. The summed E-state index contributed by atoms with van der Waals surface area (Å²) in [4.78, 5) is 23.6. The second-order valence-electron chi connectivity index (χ2n) is 8.50. The first kappa shape index (κ1) is 27.4. The van der Waals surface area contributed by atoms with Gasteiger partial charge in [-0.1, -0.05) is 46.3 Å². The average Bonchev–Trinajstić information content (AvgIpc) is 2.70. The van der Waals surface area contributed by atoms with Crippen LogP contribution in [0.2, 0.25) is 0 Å². The molecule has 0 aromatic heterocycles. The Labute approximate surface area is 203 Å². The minimum Gasteiger partial charge on any atom is -0.487 e. The number of rotatable bonds is 7. The van der Waals surface area contributed by atoms with Gasteiger partial charge in [-0.05, 0) is 45.7 Å². The van der Waals surface area contributed by atoms with Crippen molar-refractivity contribution in [3.8, 4) is 5.75 Å². The van der Waals surface area contributed by atoms with Crippen LogP contribution in [0, 0.1) is 5.82 Å². The fourth-order valence-corrected chi connectivity index (χ4v) is 3.39. The second-order valence-corrected chi connectivity index (χ2v) is 9.36. The molecule has 34 heavy (non-hydrogen) atoms. The van der Waals surface area contributed by atoms with Crippen molar-refractivity contribution in [2.45, 2.75) is 58.5 Å². The second kappa shape index (κ2) is 11.1. The van der Waals surface area contributed by atoms with E-state index in [0.29, 0.717) is 5.56 Å². The van der Waals surface area contributed by atoms with Gasteiger partial charge in [0.25, 0.3) is 0 Å². The zero-order valence-corrected chi connectivity index (χ0v) is 20.6. The topological polar surface area (TPSA) is 76.7 Å². The van der Waals surface area contributed by atoms with Crippen LogP contribution >= 0.6 is 15.9 Å². The van der Waals surface area contributed by atoms with Crippen LogP contribution in [-0.4, -0.2) is 29.8 Å². The van der Waals surface area contributed by atoms with E-state index in [1.165, 1.54) is 6.07 Å². The maximum absolute atomic E-state index is 15.4. The van der Waals surface area contributed by atoms with E-state index < -0.39 is 41.3 Å². The fraction of sp³-hybridized carbons (Fsp3) is 0.391. The summed E-state index contributed by atoms with van der Waals surface area (Å²) in [5, 5.41) is 4.11. The van der Waals surface area contributed by atoms with Gasteiger partial charge in [0.05, 0.1) is 0 Å². The highest BCUT2D eigenvalue weighted by molar-refractivity contribution is 9.10. The number of anilines is 1. The van der Waals surface area contributed by atoms with Crippen molar-refractivity contribution in [2.75, 3.05) is 5.32 Å². The smallest absolute Gasteiger partial charge is 0.471 e. The number of alkyl halides is 3. The molecular formula is C23H25BrF4N2O4. The first-order valence-corrected chi connectivity index (χ1v) is 11.0. The number of amides is 2. The third kappa shape index (κ3) is 8.19. The lowest BCUT2D eigenvalue weighted by molar-refractivity contribution is -0.167. The number of alkyl carbamates (subject to hydrolysis) is 1. The van der Waals surface area contributed by atoms with E-state index in [2.05, 4.69) is 21.2 Å². The molecule has 6 nitrogen and oxygen atoms in total. The number of carbonyl (C=O) groups is 2. The largest absolute Gasteiger partial charge is 0.487 e. The third-order valence-electron chi connectivity index (χ3n) is 4.28.